The maximum atomic E-state index is 6.24. The molecule has 1 aliphatic rings. The molecular formula is C16H24NO+. The molecule has 0 saturated carbocycles. The maximum Gasteiger partial charge on any atom is 0.340 e. The van der Waals surface area contributed by atoms with Crippen molar-refractivity contribution in [2.75, 3.05) is 0 Å². The van der Waals surface area contributed by atoms with Crippen LogP contribution in [0.1, 0.15) is 46.3 Å². The molecule has 0 amide bonds. The van der Waals surface area contributed by atoms with E-state index in [1.54, 1.807) is 0 Å². The topological polar surface area (TPSA) is 12.2 Å². The molecule has 0 spiro atoms. The second kappa shape index (κ2) is 5.13. The largest absolute Gasteiger partial charge is 0.433 e. The zero-order valence-corrected chi connectivity index (χ0v) is 12.1. The molecule has 0 bridgehead atoms. The Labute approximate surface area is 110 Å². The van der Waals surface area contributed by atoms with Gasteiger partial charge in [0.2, 0.25) is 0 Å². The summed E-state index contributed by atoms with van der Waals surface area (Å²) in [4.78, 5) is 0. The van der Waals surface area contributed by atoms with Crippen molar-refractivity contribution in [1.29, 1.82) is 0 Å². The zero-order valence-electron chi connectivity index (χ0n) is 12.1. The summed E-state index contributed by atoms with van der Waals surface area (Å²) in [6.45, 7) is 11.1. The molecule has 0 radical (unpaired) electrons. The van der Waals surface area contributed by atoms with Gasteiger partial charge < -0.3 is 4.74 Å². The molecule has 0 unspecified atom stereocenters. The Kier molecular flexibility index (Phi) is 3.74. The van der Waals surface area contributed by atoms with Crippen molar-refractivity contribution in [3.8, 4) is 0 Å². The van der Waals surface area contributed by atoms with Crippen LogP contribution in [-0.4, -0.2) is 22.6 Å². The Balaban J connectivity index is 2.32. The van der Waals surface area contributed by atoms with Gasteiger partial charge in [0, 0.05) is 6.92 Å². The van der Waals surface area contributed by atoms with Gasteiger partial charge in [-0.1, -0.05) is 30.3 Å². The summed E-state index contributed by atoms with van der Waals surface area (Å²) in [6, 6.07) is 11.4. The summed E-state index contributed by atoms with van der Waals surface area (Å²) in [5.41, 5.74) is 1.27. The molecule has 0 aliphatic carbocycles. The average molecular weight is 246 g/mol. The van der Waals surface area contributed by atoms with Crippen LogP contribution in [0.15, 0.2) is 30.3 Å². The Morgan fingerprint density at radius 3 is 2.11 bits per heavy atom. The first-order chi connectivity index (χ1) is 8.52. The maximum absolute atomic E-state index is 6.24. The molecule has 18 heavy (non-hydrogen) atoms. The van der Waals surface area contributed by atoms with Crippen LogP contribution in [0.2, 0.25) is 0 Å². The van der Waals surface area contributed by atoms with Crippen LogP contribution < -0.4 is 0 Å². The van der Waals surface area contributed by atoms with Gasteiger partial charge in [0.15, 0.2) is 18.2 Å². The van der Waals surface area contributed by atoms with E-state index in [0.29, 0.717) is 18.0 Å². The minimum Gasteiger partial charge on any atom is -0.433 e. The van der Waals surface area contributed by atoms with E-state index in [-0.39, 0.29) is 6.10 Å². The molecule has 2 rings (SSSR count). The number of hydrogen-bond donors (Lipinski definition) is 0. The quantitative estimate of drug-likeness (QED) is 0.742. The SMILES string of the molecule is CC(C)C1=[N+](C(C)C)[C@@H](C)[C@@H](c2ccccc2)O1. The Bertz CT molecular complexity index is 434. The molecule has 0 saturated heterocycles. The van der Waals surface area contributed by atoms with Crippen LogP contribution in [0.3, 0.4) is 0 Å². The van der Waals surface area contributed by atoms with Crippen molar-refractivity contribution in [2.45, 2.75) is 52.8 Å². The van der Waals surface area contributed by atoms with Gasteiger partial charge in [-0.05, 0) is 33.3 Å². The fourth-order valence-electron chi connectivity index (χ4n) is 2.78. The first kappa shape index (κ1) is 13.1. The lowest BCUT2D eigenvalue weighted by atomic mass is 10.0. The normalized spacial score (nSPS) is 23.9. The predicted octanol–water partition coefficient (Wildman–Crippen LogP) is 3.62. The molecule has 0 N–H and O–H groups in total. The second-order valence-corrected chi connectivity index (χ2v) is 5.68. The number of nitrogens with zero attached hydrogens (tertiary/aromatic N) is 1. The van der Waals surface area contributed by atoms with Crippen LogP contribution in [0.5, 0.6) is 0 Å². The highest BCUT2D eigenvalue weighted by atomic mass is 16.5. The summed E-state index contributed by atoms with van der Waals surface area (Å²) in [5, 5.41) is 0. The van der Waals surface area contributed by atoms with E-state index in [4.69, 9.17) is 4.74 Å². The summed E-state index contributed by atoms with van der Waals surface area (Å²) < 4.78 is 8.66. The van der Waals surface area contributed by atoms with Crippen LogP contribution in [0.25, 0.3) is 0 Å². The second-order valence-electron chi connectivity index (χ2n) is 5.68. The number of rotatable bonds is 3. The molecule has 1 aromatic carbocycles. The van der Waals surface area contributed by atoms with Crippen molar-refractivity contribution < 1.29 is 9.31 Å². The predicted molar refractivity (Wildman–Crippen MR) is 75.0 cm³/mol. The summed E-state index contributed by atoms with van der Waals surface area (Å²) >= 11 is 0. The fraction of sp³-hybridized carbons (Fsp3) is 0.562. The van der Waals surface area contributed by atoms with Crippen LogP contribution in [-0.2, 0) is 4.74 Å². The minimum atomic E-state index is 0.158. The Hall–Kier alpha value is -1.31. The third-order valence-electron chi connectivity index (χ3n) is 3.56. The fourth-order valence-corrected chi connectivity index (χ4v) is 2.78. The molecule has 0 aromatic heterocycles. The lowest BCUT2D eigenvalue weighted by Crippen LogP contribution is -2.32. The van der Waals surface area contributed by atoms with Crippen LogP contribution in [0, 0.1) is 5.92 Å². The monoisotopic (exact) mass is 246 g/mol. The molecule has 2 atom stereocenters. The third-order valence-corrected chi connectivity index (χ3v) is 3.56. The third kappa shape index (κ3) is 2.29. The molecular weight excluding hydrogens is 222 g/mol. The van der Waals surface area contributed by atoms with E-state index in [2.05, 4.69) is 69.5 Å². The highest BCUT2D eigenvalue weighted by Gasteiger charge is 2.43. The first-order valence-corrected chi connectivity index (χ1v) is 6.89. The van der Waals surface area contributed by atoms with Gasteiger partial charge in [-0.25, -0.2) is 0 Å². The number of ether oxygens (including phenoxy) is 1. The Morgan fingerprint density at radius 1 is 1.06 bits per heavy atom. The van der Waals surface area contributed by atoms with Crippen molar-refractivity contribution >= 4 is 5.90 Å². The number of hydrogen-bond acceptors (Lipinski definition) is 1. The number of benzene rings is 1. The average Bonchev–Trinajstić information content (AvgIpc) is 2.68. The molecule has 1 heterocycles. The van der Waals surface area contributed by atoms with Gasteiger partial charge in [0.05, 0.1) is 5.92 Å². The summed E-state index contributed by atoms with van der Waals surface area (Å²) in [6.07, 6.45) is 0.158. The van der Waals surface area contributed by atoms with Crippen molar-refractivity contribution in [1.82, 2.24) is 0 Å². The molecule has 0 fully saturated rings. The van der Waals surface area contributed by atoms with E-state index in [9.17, 15) is 0 Å². The highest BCUT2D eigenvalue weighted by Crippen LogP contribution is 2.31. The van der Waals surface area contributed by atoms with Gasteiger partial charge in [-0.2, -0.15) is 4.58 Å². The van der Waals surface area contributed by atoms with Crippen LogP contribution >= 0.6 is 0 Å². The minimum absolute atomic E-state index is 0.158. The Morgan fingerprint density at radius 2 is 1.67 bits per heavy atom. The lowest BCUT2D eigenvalue weighted by molar-refractivity contribution is -0.587. The van der Waals surface area contributed by atoms with Gasteiger partial charge in [-0.3, -0.25) is 0 Å². The molecule has 2 nitrogen and oxygen atoms in total. The standard InChI is InChI=1S/C16H24NO/c1-11(2)16-17(12(3)4)13(5)15(18-16)14-9-7-6-8-10-14/h6-13,15H,1-5H3/q+1/t13-,15-/m0/s1. The molecule has 1 aliphatic heterocycles. The van der Waals surface area contributed by atoms with Gasteiger partial charge in [0.25, 0.3) is 0 Å². The summed E-state index contributed by atoms with van der Waals surface area (Å²) in [7, 11) is 0. The highest BCUT2D eigenvalue weighted by molar-refractivity contribution is 5.74. The van der Waals surface area contributed by atoms with E-state index in [1.165, 1.54) is 5.56 Å². The van der Waals surface area contributed by atoms with Crippen LogP contribution in [0.4, 0.5) is 0 Å². The smallest absolute Gasteiger partial charge is 0.340 e. The van der Waals surface area contributed by atoms with Crippen molar-refractivity contribution in [3.05, 3.63) is 35.9 Å². The van der Waals surface area contributed by atoms with Crippen molar-refractivity contribution in [2.24, 2.45) is 5.92 Å². The van der Waals surface area contributed by atoms with Crippen molar-refractivity contribution in [3.63, 3.8) is 0 Å². The van der Waals surface area contributed by atoms with Gasteiger partial charge in [0.1, 0.15) is 0 Å². The van der Waals surface area contributed by atoms with E-state index >= 15 is 0 Å². The van der Waals surface area contributed by atoms with E-state index in [0.717, 1.165) is 5.90 Å². The van der Waals surface area contributed by atoms with Gasteiger partial charge in [-0.15, -0.1) is 0 Å². The molecule has 98 valence electrons. The molecule has 1 aromatic rings. The summed E-state index contributed by atoms with van der Waals surface area (Å²) in [5.74, 6) is 1.56. The van der Waals surface area contributed by atoms with Gasteiger partial charge >= 0.3 is 5.90 Å². The lowest BCUT2D eigenvalue weighted by Gasteiger charge is -2.13. The first-order valence-electron chi connectivity index (χ1n) is 6.89. The molecule has 2 heteroatoms. The van der Waals surface area contributed by atoms with E-state index < -0.39 is 0 Å². The van der Waals surface area contributed by atoms with E-state index in [1.807, 2.05) is 0 Å². The zero-order chi connectivity index (χ0) is 13.3.